The van der Waals surface area contributed by atoms with E-state index in [0.29, 0.717) is 24.9 Å². The fraction of sp³-hybridized carbons (Fsp3) is 0.143. The Morgan fingerprint density at radius 1 is 0.886 bits per heavy atom. The summed E-state index contributed by atoms with van der Waals surface area (Å²) in [6.07, 6.45) is 4.84. The van der Waals surface area contributed by atoms with Gasteiger partial charge in [-0.2, -0.15) is 0 Å². The van der Waals surface area contributed by atoms with E-state index in [0.717, 1.165) is 22.3 Å². The first kappa shape index (κ1) is 24.2. The van der Waals surface area contributed by atoms with Crippen LogP contribution in [-0.4, -0.2) is 26.3 Å². The van der Waals surface area contributed by atoms with Crippen LogP contribution in [-0.2, 0) is 27.7 Å². The van der Waals surface area contributed by atoms with Crippen LogP contribution in [0.15, 0.2) is 102 Å². The highest BCUT2D eigenvalue weighted by atomic mass is 32.2. The van der Waals surface area contributed by atoms with Crippen LogP contribution in [0.3, 0.4) is 0 Å². The summed E-state index contributed by atoms with van der Waals surface area (Å²) in [5.74, 6) is 0.373. The van der Waals surface area contributed by atoms with Crippen molar-refractivity contribution in [3.8, 4) is 16.9 Å². The van der Waals surface area contributed by atoms with E-state index in [4.69, 9.17) is 4.74 Å². The highest BCUT2D eigenvalue weighted by Crippen LogP contribution is 2.31. The predicted octanol–water partition coefficient (Wildman–Crippen LogP) is 5.30. The molecule has 0 radical (unpaired) electrons. The number of methoxy groups -OCH3 is 1. The van der Waals surface area contributed by atoms with Crippen molar-refractivity contribution in [3.05, 3.63) is 108 Å². The minimum atomic E-state index is -3.91. The van der Waals surface area contributed by atoms with E-state index in [-0.39, 0.29) is 16.4 Å². The van der Waals surface area contributed by atoms with E-state index >= 15 is 0 Å². The molecule has 6 nitrogen and oxygen atoms in total. The summed E-state index contributed by atoms with van der Waals surface area (Å²) >= 11 is 0. The third-order valence-corrected chi connectivity index (χ3v) is 6.99. The highest BCUT2D eigenvalue weighted by molar-refractivity contribution is 7.92. The number of ketones is 1. The number of carbonyl (C=O) groups excluding carboxylic acids is 1. The van der Waals surface area contributed by atoms with Crippen molar-refractivity contribution in [3.63, 3.8) is 0 Å². The van der Waals surface area contributed by atoms with Crippen molar-refractivity contribution in [1.29, 1.82) is 0 Å². The van der Waals surface area contributed by atoms with Gasteiger partial charge in [0.1, 0.15) is 16.4 Å². The second kappa shape index (κ2) is 11.0. The largest absolute Gasteiger partial charge is 0.495 e. The first-order chi connectivity index (χ1) is 16.9. The Balaban J connectivity index is 1.44. The Kier molecular flexibility index (Phi) is 7.57. The Morgan fingerprint density at radius 2 is 1.66 bits per heavy atom. The lowest BCUT2D eigenvalue weighted by molar-refractivity contribution is -0.118. The monoisotopic (exact) mass is 486 g/mol. The summed E-state index contributed by atoms with van der Waals surface area (Å²) in [6.45, 7) is 0. The standard InChI is InChI=1S/C28H26N2O4S/c1-34-27-16-12-24(23-7-3-2-4-8-23)19-28(27)35(32,33)30-25-13-9-21(10-14-25)18-26(31)15-11-22-6-5-17-29-20-22/h2-10,12-14,16-17,19-20,30H,11,15,18H2,1H3. The molecule has 0 amide bonds. The number of Topliss-reactive ketones (excluding diaryl/α,β-unsaturated/α-hetero) is 1. The molecule has 0 aliphatic carbocycles. The number of carbonyl (C=O) groups is 1. The number of nitrogens with one attached hydrogen (secondary N) is 1. The molecule has 35 heavy (non-hydrogen) atoms. The molecule has 1 aromatic heterocycles. The van der Waals surface area contributed by atoms with Crippen LogP contribution >= 0.6 is 0 Å². The van der Waals surface area contributed by atoms with E-state index in [2.05, 4.69) is 9.71 Å². The van der Waals surface area contributed by atoms with E-state index in [9.17, 15) is 13.2 Å². The van der Waals surface area contributed by atoms with Crippen LogP contribution in [0.4, 0.5) is 5.69 Å². The molecule has 0 saturated heterocycles. The van der Waals surface area contributed by atoms with Gasteiger partial charge < -0.3 is 4.74 Å². The van der Waals surface area contributed by atoms with Gasteiger partial charge in [0.25, 0.3) is 10.0 Å². The molecule has 0 spiro atoms. The molecule has 0 atom stereocenters. The summed E-state index contributed by atoms with van der Waals surface area (Å²) in [5.41, 5.74) is 3.94. The molecule has 0 unspecified atom stereocenters. The van der Waals surface area contributed by atoms with Crippen molar-refractivity contribution in [2.45, 2.75) is 24.2 Å². The van der Waals surface area contributed by atoms with Gasteiger partial charge in [0.15, 0.2) is 0 Å². The van der Waals surface area contributed by atoms with Gasteiger partial charge in [-0.05, 0) is 59.0 Å². The second-order valence-corrected chi connectivity index (χ2v) is 9.76. The molecule has 0 aliphatic heterocycles. The van der Waals surface area contributed by atoms with Crippen molar-refractivity contribution < 1.29 is 17.9 Å². The van der Waals surface area contributed by atoms with Gasteiger partial charge in [0, 0.05) is 30.9 Å². The predicted molar refractivity (Wildman–Crippen MR) is 137 cm³/mol. The summed E-state index contributed by atoms with van der Waals surface area (Å²) in [7, 11) is -2.47. The minimum absolute atomic E-state index is 0.0519. The smallest absolute Gasteiger partial charge is 0.265 e. The number of rotatable bonds is 10. The van der Waals surface area contributed by atoms with Gasteiger partial charge in [-0.15, -0.1) is 0 Å². The normalized spacial score (nSPS) is 11.1. The summed E-state index contributed by atoms with van der Waals surface area (Å²) in [6, 6.07) is 25.3. The van der Waals surface area contributed by atoms with Gasteiger partial charge in [0.05, 0.1) is 7.11 Å². The van der Waals surface area contributed by atoms with Gasteiger partial charge in [-0.1, -0.05) is 54.6 Å². The third kappa shape index (κ3) is 6.33. The molecule has 4 aromatic rings. The first-order valence-corrected chi connectivity index (χ1v) is 12.7. The van der Waals surface area contributed by atoms with Crippen LogP contribution in [0.1, 0.15) is 17.5 Å². The quantitative estimate of drug-likeness (QED) is 0.329. The second-order valence-electron chi connectivity index (χ2n) is 8.11. The maximum absolute atomic E-state index is 13.2. The lowest BCUT2D eigenvalue weighted by atomic mass is 10.0. The highest BCUT2D eigenvalue weighted by Gasteiger charge is 2.21. The SMILES string of the molecule is COc1ccc(-c2ccccc2)cc1S(=O)(=O)Nc1ccc(CC(=O)CCc2cccnc2)cc1. The summed E-state index contributed by atoms with van der Waals surface area (Å²) in [4.78, 5) is 16.5. The molecule has 0 saturated carbocycles. The van der Waals surface area contributed by atoms with Crippen LogP contribution in [0, 0.1) is 0 Å². The van der Waals surface area contributed by atoms with Gasteiger partial charge >= 0.3 is 0 Å². The Hall–Kier alpha value is -3.97. The van der Waals surface area contributed by atoms with Crippen LogP contribution < -0.4 is 9.46 Å². The number of hydrogen-bond acceptors (Lipinski definition) is 5. The zero-order valence-electron chi connectivity index (χ0n) is 19.3. The number of anilines is 1. The van der Waals surface area contributed by atoms with Crippen LogP contribution in [0.25, 0.3) is 11.1 Å². The molecule has 1 heterocycles. The number of sulfonamides is 1. The molecular weight excluding hydrogens is 460 g/mol. The van der Waals surface area contributed by atoms with E-state index in [1.807, 2.05) is 48.5 Å². The molecule has 0 aliphatic rings. The Morgan fingerprint density at radius 3 is 2.34 bits per heavy atom. The van der Waals surface area contributed by atoms with Gasteiger partial charge in [-0.3, -0.25) is 14.5 Å². The zero-order valence-corrected chi connectivity index (χ0v) is 20.2. The molecule has 3 aromatic carbocycles. The van der Waals surface area contributed by atoms with E-state index in [1.165, 1.54) is 7.11 Å². The number of nitrogens with zero attached hydrogens (tertiary/aromatic N) is 1. The number of aromatic nitrogens is 1. The van der Waals surface area contributed by atoms with Crippen molar-refractivity contribution in [2.75, 3.05) is 11.8 Å². The number of benzene rings is 3. The van der Waals surface area contributed by atoms with Crippen LogP contribution in [0.2, 0.25) is 0 Å². The first-order valence-electron chi connectivity index (χ1n) is 11.2. The Labute approximate surface area is 205 Å². The summed E-state index contributed by atoms with van der Waals surface area (Å²) in [5, 5.41) is 0. The molecule has 0 bridgehead atoms. The molecule has 178 valence electrons. The molecule has 7 heteroatoms. The molecular formula is C28H26N2O4S. The van der Waals surface area contributed by atoms with Gasteiger partial charge in [0.2, 0.25) is 0 Å². The maximum Gasteiger partial charge on any atom is 0.265 e. The molecule has 1 N–H and O–H groups in total. The Bertz CT molecular complexity index is 1390. The fourth-order valence-electron chi connectivity index (χ4n) is 3.74. The van der Waals surface area contributed by atoms with Crippen LogP contribution in [0.5, 0.6) is 5.75 Å². The lowest BCUT2D eigenvalue weighted by Gasteiger charge is -2.14. The molecule has 4 rings (SSSR count). The molecule has 0 fully saturated rings. The number of aryl methyl sites for hydroxylation is 1. The van der Waals surface area contributed by atoms with E-state index < -0.39 is 10.0 Å². The number of pyridine rings is 1. The number of ether oxygens (including phenoxy) is 1. The fourth-order valence-corrected chi connectivity index (χ4v) is 5.00. The average Bonchev–Trinajstić information content (AvgIpc) is 2.89. The van der Waals surface area contributed by atoms with E-state index in [1.54, 1.807) is 48.8 Å². The average molecular weight is 487 g/mol. The number of hydrogen-bond donors (Lipinski definition) is 1. The minimum Gasteiger partial charge on any atom is -0.495 e. The zero-order chi connectivity index (χ0) is 24.7. The summed E-state index contributed by atoms with van der Waals surface area (Å²) < 4.78 is 34.3. The van der Waals surface area contributed by atoms with Crippen molar-refractivity contribution in [2.24, 2.45) is 0 Å². The van der Waals surface area contributed by atoms with Crippen molar-refractivity contribution >= 4 is 21.5 Å². The lowest BCUT2D eigenvalue weighted by Crippen LogP contribution is -2.14. The van der Waals surface area contributed by atoms with Crippen molar-refractivity contribution in [1.82, 2.24) is 4.98 Å². The topological polar surface area (TPSA) is 85.4 Å². The maximum atomic E-state index is 13.2. The van der Waals surface area contributed by atoms with Gasteiger partial charge in [-0.25, -0.2) is 8.42 Å². The third-order valence-electron chi connectivity index (χ3n) is 5.58.